The average Bonchev–Trinajstić information content (AvgIpc) is 2.55. The van der Waals surface area contributed by atoms with E-state index in [9.17, 15) is 5.11 Å². The number of hydrogen-bond donors (Lipinski definition) is 1. The summed E-state index contributed by atoms with van der Waals surface area (Å²) in [5.74, 6) is 0.669. The Bertz CT molecular complexity index is 268. The monoisotopic (exact) mass is 227 g/mol. The molecule has 16 heavy (non-hydrogen) atoms. The molecule has 1 atom stereocenters. The topological polar surface area (TPSA) is 41.9 Å². The molecular formula is C12H21NO3. The van der Waals surface area contributed by atoms with Gasteiger partial charge < -0.3 is 19.5 Å². The molecule has 0 aromatic heterocycles. The van der Waals surface area contributed by atoms with Gasteiger partial charge in [0.2, 0.25) is 0 Å². The molecule has 4 nitrogen and oxygen atoms in total. The number of hydrogen-bond acceptors (Lipinski definition) is 4. The minimum atomic E-state index is -0.0128. The van der Waals surface area contributed by atoms with Gasteiger partial charge in [0.1, 0.15) is 0 Å². The van der Waals surface area contributed by atoms with Gasteiger partial charge in [-0.1, -0.05) is 0 Å². The molecule has 4 heteroatoms. The van der Waals surface area contributed by atoms with Crippen molar-refractivity contribution in [2.45, 2.75) is 6.42 Å². The average molecular weight is 227 g/mol. The van der Waals surface area contributed by atoms with Crippen LogP contribution in [0.3, 0.4) is 0 Å². The Morgan fingerprint density at radius 2 is 1.94 bits per heavy atom. The summed E-state index contributed by atoms with van der Waals surface area (Å²) in [4.78, 5) is 2.38. The largest absolute Gasteiger partial charge is 0.396 e. The zero-order valence-electron chi connectivity index (χ0n) is 9.95. The third-order valence-corrected chi connectivity index (χ3v) is 5.01. The van der Waals surface area contributed by atoms with Crippen molar-refractivity contribution in [1.29, 1.82) is 0 Å². The van der Waals surface area contributed by atoms with Gasteiger partial charge in [-0.15, -0.1) is 0 Å². The highest BCUT2D eigenvalue weighted by atomic mass is 16.5. The van der Waals surface area contributed by atoms with E-state index >= 15 is 0 Å². The van der Waals surface area contributed by atoms with Crippen LogP contribution in [0.1, 0.15) is 6.42 Å². The molecule has 0 aliphatic carbocycles. The van der Waals surface area contributed by atoms with Crippen molar-refractivity contribution in [2.24, 2.45) is 16.7 Å². The van der Waals surface area contributed by atoms with E-state index in [0.29, 0.717) is 19.1 Å². The zero-order valence-corrected chi connectivity index (χ0v) is 9.95. The molecule has 0 spiro atoms. The van der Waals surface area contributed by atoms with E-state index < -0.39 is 0 Å². The second-order valence-corrected chi connectivity index (χ2v) is 5.83. The molecule has 0 aromatic rings. The van der Waals surface area contributed by atoms with Crippen LogP contribution in [0, 0.1) is 16.7 Å². The Kier molecular flexibility index (Phi) is 2.51. The molecule has 3 aliphatic heterocycles. The lowest BCUT2D eigenvalue weighted by molar-refractivity contribution is -0.297. The highest BCUT2D eigenvalue weighted by molar-refractivity contribution is 5.10. The van der Waals surface area contributed by atoms with Crippen LogP contribution in [0.4, 0.5) is 0 Å². The van der Waals surface area contributed by atoms with Crippen LogP contribution >= 0.6 is 0 Å². The first kappa shape index (κ1) is 11.0. The lowest BCUT2D eigenvalue weighted by Crippen LogP contribution is -2.68. The summed E-state index contributed by atoms with van der Waals surface area (Å²) in [6.45, 7) is 5.63. The first-order valence-electron chi connectivity index (χ1n) is 6.17. The molecule has 3 fully saturated rings. The van der Waals surface area contributed by atoms with E-state index in [2.05, 4.69) is 11.9 Å². The molecule has 3 rings (SSSR count). The first-order chi connectivity index (χ1) is 7.72. The summed E-state index contributed by atoms with van der Waals surface area (Å²) >= 11 is 0. The van der Waals surface area contributed by atoms with E-state index in [1.165, 1.54) is 13.0 Å². The fourth-order valence-electron chi connectivity index (χ4n) is 3.57. The maximum atomic E-state index is 9.71. The Labute approximate surface area is 96.5 Å². The van der Waals surface area contributed by atoms with Crippen LogP contribution in [0.2, 0.25) is 0 Å². The summed E-state index contributed by atoms with van der Waals surface area (Å²) in [6, 6.07) is 0. The maximum absolute atomic E-state index is 9.71. The third-order valence-electron chi connectivity index (χ3n) is 5.01. The number of aliphatic hydroxyl groups is 1. The second kappa shape index (κ2) is 3.67. The second-order valence-electron chi connectivity index (χ2n) is 5.83. The molecule has 0 bridgehead atoms. The van der Waals surface area contributed by atoms with Crippen LogP contribution in [-0.2, 0) is 9.47 Å². The number of likely N-dealkylation sites (tertiary alicyclic amines) is 1. The predicted molar refractivity (Wildman–Crippen MR) is 59.2 cm³/mol. The molecule has 0 saturated carbocycles. The number of ether oxygens (including phenoxy) is 2. The van der Waals surface area contributed by atoms with Crippen LogP contribution in [0.5, 0.6) is 0 Å². The molecule has 3 heterocycles. The van der Waals surface area contributed by atoms with E-state index in [1.54, 1.807) is 0 Å². The van der Waals surface area contributed by atoms with E-state index in [4.69, 9.17) is 9.47 Å². The third kappa shape index (κ3) is 1.24. The van der Waals surface area contributed by atoms with Gasteiger partial charge in [0.15, 0.2) is 0 Å². The molecular weight excluding hydrogens is 206 g/mol. The Hall–Kier alpha value is -0.160. The van der Waals surface area contributed by atoms with Gasteiger partial charge in [0.25, 0.3) is 0 Å². The Balaban J connectivity index is 1.82. The highest BCUT2D eigenvalue weighted by Crippen LogP contribution is 2.56. The van der Waals surface area contributed by atoms with Gasteiger partial charge >= 0.3 is 0 Å². The van der Waals surface area contributed by atoms with Crippen LogP contribution in [0.15, 0.2) is 0 Å². The van der Waals surface area contributed by atoms with Crippen molar-refractivity contribution in [1.82, 2.24) is 4.90 Å². The smallest absolute Gasteiger partial charge is 0.0574 e. The summed E-state index contributed by atoms with van der Waals surface area (Å²) in [7, 11) is 2.18. The Morgan fingerprint density at radius 3 is 2.25 bits per heavy atom. The van der Waals surface area contributed by atoms with Gasteiger partial charge in [-0.25, -0.2) is 0 Å². The van der Waals surface area contributed by atoms with Gasteiger partial charge in [0, 0.05) is 12.0 Å². The van der Waals surface area contributed by atoms with Gasteiger partial charge in [-0.2, -0.15) is 0 Å². The number of nitrogens with zero attached hydrogens (tertiary/aromatic N) is 1. The van der Waals surface area contributed by atoms with Crippen molar-refractivity contribution in [3.05, 3.63) is 0 Å². The molecule has 3 aliphatic rings. The normalized spacial score (nSPS) is 36.8. The molecule has 0 radical (unpaired) electrons. The highest BCUT2D eigenvalue weighted by Gasteiger charge is 2.63. The molecule has 0 amide bonds. The molecule has 1 unspecified atom stereocenters. The molecule has 3 saturated heterocycles. The number of rotatable bonds is 3. The minimum absolute atomic E-state index is 0.0128. The fourth-order valence-corrected chi connectivity index (χ4v) is 3.57. The van der Waals surface area contributed by atoms with E-state index in [-0.39, 0.29) is 17.4 Å². The summed E-state index contributed by atoms with van der Waals surface area (Å²) in [5, 5.41) is 9.71. The van der Waals surface area contributed by atoms with Crippen molar-refractivity contribution in [2.75, 3.05) is 53.2 Å². The SMILES string of the molecule is CN1CCC(C2(C3(CO)COC3)COC2)C1. The van der Waals surface area contributed by atoms with E-state index in [0.717, 1.165) is 19.8 Å². The van der Waals surface area contributed by atoms with Crippen molar-refractivity contribution in [3.8, 4) is 0 Å². The zero-order chi connectivity index (χ0) is 11.2. The Morgan fingerprint density at radius 1 is 1.25 bits per heavy atom. The molecule has 0 aromatic carbocycles. The standard InChI is InChI=1S/C12H21NO3/c1-13-3-2-10(4-13)12(8-16-9-12)11(5-14)6-15-7-11/h10,14H,2-9H2,1H3. The van der Waals surface area contributed by atoms with E-state index in [1.807, 2.05) is 0 Å². The first-order valence-corrected chi connectivity index (χ1v) is 6.17. The lowest BCUT2D eigenvalue weighted by Gasteiger charge is -2.61. The summed E-state index contributed by atoms with van der Waals surface area (Å²) in [6.07, 6.45) is 1.24. The van der Waals surface area contributed by atoms with Gasteiger partial charge in [0.05, 0.1) is 38.4 Å². The van der Waals surface area contributed by atoms with Crippen molar-refractivity contribution < 1.29 is 14.6 Å². The van der Waals surface area contributed by atoms with Crippen molar-refractivity contribution >= 4 is 0 Å². The van der Waals surface area contributed by atoms with Crippen LogP contribution in [0.25, 0.3) is 0 Å². The summed E-state index contributed by atoms with van der Waals surface area (Å²) < 4.78 is 10.9. The van der Waals surface area contributed by atoms with Gasteiger partial charge in [-0.05, 0) is 25.9 Å². The quantitative estimate of drug-likeness (QED) is 0.735. The minimum Gasteiger partial charge on any atom is -0.396 e. The molecule has 92 valence electrons. The van der Waals surface area contributed by atoms with Crippen LogP contribution < -0.4 is 0 Å². The van der Waals surface area contributed by atoms with Gasteiger partial charge in [-0.3, -0.25) is 0 Å². The predicted octanol–water partition coefficient (Wildman–Crippen LogP) is -0.0364. The lowest BCUT2D eigenvalue weighted by atomic mass is 9.54. The fraction of sp³-hybridized carbons (Fsp3) is 1.00. The summed E-state index contributed by atoms with van der Waals surface area (Å²) in [5.41, 5.74) is 0.172. The maximum Gasteiger partial charge on any atom is 0.0574 e. The van der Waals surface area contributed by atoms with Crippen molar-refractivity contribution in [3.63, 3.8) is 0 Å². The van der Waals surface area contributed by atoms with Crippen LogP contribution in [-0.4, -0.2) is 63.2 Å². The number of aliphatic hydroxyl groups excluding tert-OH is 1. The molecule has 1 N–H and O–H groups in total.